The van der Waals surface area contributed by atoms with E-state index >= 15 is 0 Å². The molecule has 3 aromatic rings. The third-order valence-electron chi connectivity index (χ3n) is 5.52. The number of fused-ring (bicyclic) bond motifs is 2. The van der Waals surface area contributed by atoms with Gasteiger partial charge in [0.2, 0.25) is 11.1 Å². The van der Waals surface area contributed by atoms with Crippen molar-refractivity contribution in [3.8, 4) is 5.75 Å². The molecule has 4 rings (SSSR count). The molecule has 0 saturated heterocycles. The highest BCUT2D eigenvalue weighted by atomic mass is 16.5. The van der Waals surface area contributed by atoms with Gasteiger partial charge in [-0.1, -0.05) is 19.3 Å². The van der Waals surface area contributed by atoms with Gasteiger partial charge in [0.25, 0.3) is 5.56 Å². The van der Waals surface area contributed by atoms with Crippen LogP contribution < -0.4 is 15.7 Å². The van der Waals surface area contributed by atoms with Gasteiger partial charge in [0.15, 0.2) is 5.39 Å². The Bertz CT molecular complexity index is 1130. The molecule has 2 aromatic heterocycles. The molecule has 1 aliphatic carbocycles. The predicted molar refractivity (Wildman–Crippen MR) is 106 cm³/mol. The lowest BCUT2D eigenvalue weighted by Gasteiger charge is -2.24. The van der Waals surface area contributed by atoms with Crippen LogP contribution in [0.5, 0.6) is 5.75 Å². The molecule has 7 heteroatoms. The van der Waals surface area contributed by atoms with Gasteiger partial charge in [-0.15, -0.1) is 0 Å². The molecule has 0 unspecified atom stereocenters. The lowest BCUT2D eigenvalue weighted by atomic mass is 9.88. The highest BCUT2D eigenvalue weighted by Crippen LogP contribution is 2.32. The lowest BCUT2D eigenvalue weighted by Crippen LogP contribution is -2.32. The topological polar surface area (TPSA) is 83.6 Å². The molecular formula is C21H24N2O5. The molecule has 0 bridgehead atoms. The van der Waals surface area contributed by atoms with E-state index in [4.69, 9.17) is 13.9 Å². The van der Waals surface area contributed by atoms with E-state index in [1.807, 2.05) is 0 Å². The van der Waals surface area contributed by atoms with E-state index in [2.05, 4.69) is 4.98 Å². The summed E-state index contributed by atoms with van der Waals surface area (Å²) >= 11 is 0. The highest BCUT2D eigenvalue weighted by molar-refractivity contribution is 5.88. The van der Waals surface area contributed by atoms with Crippen molar-refractivity contribution in [3.63, 3.8) is 0 Å². The van der Waals surface area contributed by atoms with Crippen molar-refractivity contribution in [1.82, 2.24) is 9.55 Å². The van der Waals surface area contributed by atoms with Crippen molar-refractivity contribution in [2.75, 3.05) is 20.8 Å². The molecular weight excluding hydrogens is 360 g/mol. The molecule has 1 fully saturated rings. The van der Waals surface area contributed by atoms with Crippen LogP contribution in [0, 0.1) is 0 Å². The number of nitrogens with zero attached hydrogens (tertiary/aromatic N) is 2. The fourth-order valence-corrected chi connectivity index (χ4v) is 4.03. The first kappa shape index (κ1) is 18.7. The highest BCUT2D eigenvalue weighted by Gasteiger charge is 2.24. The molecule has 0 N–H and O–H groups in total. The first-order valence-electron chi connectivity index (χ1n) is 9.68. The fourth-order valence-electron chi connectivity index (χ4n) is 4.03. The van der Waals surface area contributed by atoms with Crippen LogP contribution in [0.1, 0.15) is 43.8 Å². The minimum absolute atomic E-state index is 0.00618. The van der Waals surface area contributed by atoms with Gasteiger partial charge in [0, 0.05) is 19.1 Å². The zero-order valence-corrected chi connectivity index (χ0v) is 16.2. The first-order valence-corrected chi connectivity index (χ1v) is 9.68. The Morgan fingerprint density at radius 2 is 1.96 bits per heavy atom. The second kappa shape index (κ2) is 7.75. The maximum atomic E-state index is 13.3. The van der Waals surface area contributed by atoms with Crippen LogP contribution in [0.3, 0.4) is 0 Å². The predicted octanol–water partition coefficient (Wildman–Crippen LogP) is 3.21. The van der Waals surface area contributed by atoms with Crippen molar-refractivity contribution in [2.24, 2.45) is 0 Å². The summed E-state index contributed by atoms with van der Waals surface area (Å²) in [6.45, 7) is 0.743. The molecule has 0 aliphatic heterocycles. The first-order chi connectivity index (χ1) is 13.6. The van der Waals surface area contributed by atoms with E-state index in [1.165, 1.54) is 6.42 Å². The molecule has 2 heterocycles. The number of ether oxygens (including phenoxy) is 2. The lowest BCUT2D eigenvalue weighted by molar-refractivity contribution is 0.183. The zero-order valence-electron chi connectivity index (χ0n) is 16.2. The average molecular weight is 384 g/mol. The van der Waals surface area contributed by atoms with Crippen LogP contribution in [0.4, 0.5) is 0 Å². The van der Waals surface area contributed by atoms with Gasteiger partial charge in [0.1, 0.15) is 17.2 Å². The van der Waals surface area contributed by atoms with Crippen molar-refractivity contribution in [1.29, 1.82) is 0 Å². The van der Waals surface area contributed by atoms with Crippen LogP contribution in [-0.2, 0) is 11.3 Å². The maximum Gasteiger partial charge on any atom is 0.268 e. The summed E-state index contributed by atoms with van der Waals surface area (Å²) in [5.41, 5.74) is -0.246. The molecule has 0 amide bonds. The SMILES string of the molecule is COCCn1c(C2CCCCC2)nc2oc3cc(OC)ccc3c(=O)c2c1=O. The van der Waals surface area contributed by atoms with Gasteiger partial charge in [-0.3, -0.25) is 14.2 Å². The normalized spacial score (nSPS) is 15.4. The smallest absolute Gasteiger partial charge is 0.268 e. The second-order valence-corrected chi connectivity index (χ2v) is 7.23. The largest absolute Gasteiger partial charge is 0.497 e. The van der Waals surface area contributed by atoms with Crippen LogP contribution >= 0.6 is 0 Å². The van der Waals surface area contributed by atoms with Gasteiger partial charge in [0.05, 0.1) is 25.6 Å². The Morgan fingerprint density at radius 1 is 1.18 bits per heavy atom. The number of aromatic nitrogens is 2. The summed E-state index contributed by atoms with van der Waals surface area (Å²) < 4.78 is 17.9. The Kier molecular flexibility index (Phi) is 5.17. The third kappa shape index (κ3) is 3.20. The molecule has 1 aromatic carbocycles. The Morgan fingerprint density at radius 3 is 2.68 bits per heavy atom. The minimum atomic E-state index is -0.363. The third-order valence-corrected chi connectivity index (χ3v) is 5.52. The van der Waals surface area contributed by atoms with Crippen LogP contribution in [0.2, 0.25) is 0 Å². The van der Waals surface area contributed by atoms with Crippen LogP contribution in [0.15, 0.2) is 32.2 Å². The Labute approximate surface area is 161 Å². The summed E-state index contributed by atoms with van der Waals surface area (Å²) in [7, 11) is 3.14. The van der Waals surface area contributed by atoms with Gasteiger partial charge < -0.3 is 13.9 Å². The Hall–Kier alpha value is -2.67. The van der Waals surface area contributed by atoms with E-state index in [1.54, 1.807) is 37.0 Å². The fraction of sp³-hybridized carbons (Fsp3) is 0.476. The maximum absolute atomic E-state index is 13.3. The number of hydrogen-bond donors (Lipinski definition) is 0. The zero-order chi connectivity index (χ0) is 19.7. The monoisotopic (exact) mass is 384 g/mol. The second-order valence-electron chi connectivity index (χ2n) is 7.23. The molecule has 1 aliphatic rings. The molecule has 0 atom stereocenters. The number of rotatable bonds is 5. The molecule has 7 nitrogen and oxygen atoms in total. The summed E-state index contributed by atoms with van der Waals surface area (Å²) in [5.74, 6) is 1.46. The van der Waals surface area contributed by atoms with E-state index in [0.29, 0.717) is 35.7 Å². The molecule has 148 valence electrons. The van der Waals surface area contributed by atoms with Gasteiger partial charge in [-0.25, -0.2) is 0 Å². The Balaban J connectivity index is 2.00. The van der Waals surface area contributed by atoms with Gasteiger partial charge in [-0.2, -0.15) is 4.98 Å². The van der Waals surface area contributed by atoms with Crippen LogP contribution in [-0.4, -0.2) is 30.4 Å². The summed E-state index contributed by atoms with van der Waals surface area (Å²) in [6.07, 6.45) is 5.39. The quantitative estimate of drug-likeness (QED) is 0.628. The standard InChI is InChI=1S/C21H24N2O5/c1-26-11-10-23-19(13-6-4-3-5-7-13)22-20-17(21(23)25)18(24)15-9-8-14(27-2)12-16(15)28-20/h8-9,12-13H,3-7,10-11H2,1-2H3. The van der Waals surface area contributed by atoms with E-state index < -0.39 is 0 Å². The van der Waals surface area contributed by atoms with Gasteiger partial charge >= 0.3 is 0 Å². The van der Waals surface area contributed by atoms with Gasteiger partial charge in [-0.05, 0) is 25.0 Å². The summed E-state index contributed by atoms with van der Waals surface area (Å²) in [6, 6.07) is 4.94. The minimum Gasteiger partial charge on any atom is -0.497 e. The van der Waals surface area contributed by atoms with Crippen molar-refractivity contribution in [3.05, 3.63) is 44.6 Å². The molecule has 1 saturated carbocycles. The molecule has 0 radical (unpaired) electrons. The van der Waals surface area contributed by atoms with E-state index in [9.17, 15) is 9.59 Å². The molecule has 28 heavy (non-hydrogen) atoms. The number of hydrogen-bond acceptors (Lipinski definition) is 6. The average Bonchev–Trinajstić information content (AvgIpc) is 2.73. The van der Waals surface area contributed by atoms with Crippen molar-refractivity contribution < 1.29 is 13.9 Å². The number of benzene rings is 1. The van der Waals surface area contributed by atoms with E-state index in [-0.39, 0.29) is 28.0 Å². The van der Waals surface area contributed by atoms with E-state index in [0.717, 1.165) is 25.7 Å². The summed E-state index contributed by atoms with van der Waals surface area (Å²) in [5, 5.41) is 0.337. The van der Waals surface area contributed by atoms with Crippen molar-refractivity contribution >= 4 is 22.1 Å². The molecule has 0 spiro atoms. The number of methoxy groups -OCH3 is 2. The summed E-state index contributed by atoms with van der Waals surface area (Å²) in [4.78, 5) is 31.0. The van der Waals surface area contributed by atoms with Crippen LogP contribution in [0.25, 0.3) is 22.1 Å². The van der Waals surface area contributed by atoms with Crippen molar-refractivity contribution in [2.45, 2.75) is 44.6 Å².